The lowest BCUT2D eigenvalue weighted by molar-refractivity contribution is 0.400. The fourth-order valence-electron chi connectivity index (χ4n) is 1.63. The summed E-state index contributed by atoms with van der Waals surface area (Å²) in [5, 5.41) is 12.3. The molecule has 0 spiro atoms. The van der Waals surface area contributed by atoms with E-state index in [0.717, 1.165) is 0 Å². The molecule has 0 saturated carbocycles. The zero-order valence-electron chi connectivity index (χ0n) is 10.3. The van der Waals surface area contributed by atoms with Gasteiger partial charge < -0.3 is 4.52 Å². The monoisotopic (exact) mass is 277 g/mol. The van der Waals surface area contributed by atoms with E-state index in [1.54, 1.807) is 13.8 Å². The van der Waals surface area contributed by atoms with Crippen molar-refractivity contribution >= 4 is 15.8 Å². The summed E-state index contributed by atoms with van der Waals surface area (Å²) in [5.74, 6) is 0.635. The van der Waals surface area contributed by atoms with Crippen molar-refractivity contribution in [2.75, 3.05) is 4.72 Å². The van der Waals surface area contributed by atoms with Crippen molar-refractivity contribution in [2.24, 2.45) is 0 Å². The quantitative estimate of drug-likeness (QED) is 0.925. The molecule has 2 aromatic rings. The Morgan fingerprint density at radius 1 is 1.32 bits per heavy atom. The zero-order chi connectivity index (χ0) is 14.0. The summed E-state index contributed by atoms with van der Waals surface area (Å²) in [7, 11) is -3.74. The van der Waals surface area contributed by atoms with E-state index in [0.29, 0.717) is 16.9 Å². The van der Waals surface area contributed by atoms with Crippen LogP contribution in [0.5, 0.6) is 0 Å². The predicted octanol–water partition coefficient (Wildman–Crippen LogP) is 1.96. The molecule has 0 atom stereocenters. The van der Waals surface area contributed by atoms with Crippen molar-refractivity contribution in [2.45, 2.75) is 18.7 Å². The van der Waals surface area contributed by atoms with Gasteiger partial charge >= 0.3 is 0 Å². The van der Waals surface area contributed by atoms with E-state index in [-0.39, 0.29) is 10.7 Å². The van der Waals surface area contributed by atoms with Crippen molar-refractivity contribution in [3.8, 4) is 6.07 Å². The first kappa shape index (κ1) is 13.1. The third-order valence-electron chi connectivity index (χ3n) is 2.46. The van der Waals surface area contributed by atoms with Crippen molar-refractivity contribution < 1.29 is 12.9 Å². The van der Waals surface area contributed by atoms with E-state index in [1.807, 2.05) is 6.07 Å². The van der Waals surface area contributed by atoms with Gasteiger partial charge in [0.25, 0.3) is 10.0 Å². The van der Waals surface area contributed by atoms with E-state index in [1.165, 1.54) is 24.3 Å². The highest BCUT2D eigenvalue weighted by molar-refractivity contribution is 7.92. The number of nitrogens with zero attached hydrogens (tertiary/aromatic N) is 2. The van der Waals surface area contributed by atoms with Crippen LogP contribution in [0.3, 0.4) is 0 Å². The highest BCUT2D eigenvalue weighted by atomic mass is 32.2. The molecule has 1 aromatic carbocycles. The van der Waals surface area contributed by atoms with Crippen LogP contribution >= 0.6 is 0 Å². The number of nitrogens with one attached hydrogen (secondary N) is 1. The van der Waals surface area contributed by atoms with E-state index in [4.69, 9.17) is 9.78 Å². The lowest BCUT2D eigenvalue weighted by Crippen LogP contribution is -2.14. The van der Waals surface area contributed by atoms with Crippen molar-refractivity contribution in [3.05, 3.63) is 41.2 Å². The van der Waals surface area contributed by atoms with Crippen LogP contribution in [0, 0.1) is 25.2 Å². The summed E-state index contributed by atoms with van der Waals surface area (Å²) in [6, 6.07) is 7.80. The molecule has 0 saturated heterocycles. The van der Waals surface area contributed by atoms with Gasteiger partial charge in [-0.15, -0.1) is 0 Å². The fourth-order valence-corrected chi connectivity index (χ4v) is 2.84. The van der Waals surface area contributed by atoms with Gasteiger partial charge in [0.05, 0.1) is 16.5 Å². The van der Waals surface area contributed by atoms with Crippen LogP contribution in [0.2, 0.25) is 0 Å². The topological polar surface area (TPSA) is 96.0 Å². The van der Waals surface area contributed by atoms with E-state index in [9.17, 15) is 8.42 Å². The molecule has 6 nitrogen and oxygen atoms in total. The molecule has 0 bridgehead atoms. The van der Waals surface area contributed by atoms with Gasteiger partial charge in [0.2, 0.25) is 0 Å². The fraction of sp³-hybridized carbons (Fsp3) is 0.167. The summed E-state index contributed by atoms with van der Waals surface area (Å²) in [4.78, 5) is 0.104. The molecule has 1 aromatic heterocycles. The number of sulfonamides is 1. The lowest BCUT2D eigenvalue weighted by Gasteiger charge is -2.07. The minimum Gasteiger partial charge on any atom is -0.360 e. The number of rotatable bonds is 3. The van der Waals surface area contributed by atoms with Crippen molar-refractivity contribution in [1.82, 2.24) is 5.16 Å². The first-order valence-electron chi connectivity index (χ1n) is 5.39. The summed E-state index contributed by atoms with van der Waals surface area (Å²) in [5.41, 5.74) is 0.903. The average molecular weight is 277 g/mol. The van der Waals surface area contributed by atoms with Crippen LogP contribution in [0.25, 0.3) is 0 Å². The summed E-state index contributed by atoms with van der Waals surface area (Å²) >= 11 is 0. The lowest BCUT2D eigenvalue weighted by atomic mass is 10.2. The molecule has 0 aliphatic heterocycles. The summed E-state index contributed by atoms with van der Waals surface area (Å²) in [6.45, 7) is 3.29. The highest BCUT2D eigenvalue weighted by Crippen LogP contribution is 2.20. The molecule has 1 N–H and O–H groups in total. The molecule has 0 radical (unpaired) electrons. The van der Waals surface area contributed by atoms with Gasteiger partial charge in [-0.2, -0.15) is 5.26 Å². The van der Waals surface area contributed by atoms with Crippen LogP contribution in [-0.2, 0) is 10.0 Å². The number of benzene rings is 1. The predicted molar refractivity (Wildman–Crippen MR) is 67.9 cm³/mol. The second-order valence-corrected chi connectivity index (χ2v) is 5.67. The van der Waals surface area contributed by atoms with Crippen LogP contribution in [-0.4, -0.2) is 13.6 Å². The largest absolute Gasteiger partial charge is 0.360 e. The Morgan fingerprint density at radius 2 is 2.05 bits per heavy atom. The minimum atomic E-state index is -3.74. The molecule has 0 aliphatic carbocycles. The Bertz CT molecular complexity index is 757. The Kier molecular flexibility index (Phi) is 3.27. The van der Waals surface area contributed by atoms with Gasteiger partial charge in [-0.1, -0.05) is 5.16 Å². The van der Waals surface area contributed by atoms with Gasteiger partial charge in [0.15, 0.2) is 5.82 Å². The molecule has 7 heteroatoms. The normalized spacial score (nSPS) is 11.0. The molecular weight excluding hydrogens is 266 g/mol. The number of anilines is 1. The summed E-state index contributed by atoms with van der Waals surface area (Å²) < 4.78 is 31.4. The maximum atomic E-state index is 12.2. The number of hydrogen-bond acceptors (Lipinski definition) is 5. The van der Waals surface area contributed by atoms with E-state index in [2.05, 4.69) is 9.88 Å². The van der Waals surface area contributed by atoms with Crippen LogP contribution < -0.4 is 4.72 Å². The first-order valence-corrected chi connectivity index (χ1v) is 6.87. The molecule has 0 fully saturated rings. The first-order chi connectivity index (χ1) is 8.92. The molecule has 2 rings (SSSR count). The third kappa shape index (κ3) is 2.74. The second kappa shape index (κ2) is 4.74. The zero-order valence-corrected chi connectivity index (χ0v) is 11.2. The molecule has 0 aliphatic rings. The maximum absolute atomic E-state index is 12.2. The molecule has 0 amide bonds. The number of aromatic nitrogens is 1. The van der Waals surface area contributed by atoms with Crippen LogP contribution in [0.4, 0.5) is 5.82 Å². The third-order valence-corrected chi connectivity index (χ3v) is 3.98. The van der Waals surface area contributed by atoms with Crippen molar-refractivity contribution in [3.63, 3.8) is 0 Å². The SMILES string of the molecule is Cc1cc(NS(=O)(=O)c2ccc(C#N)cc2C)no1. The molecule has 98 valence electrons. The van der Waals surface area contributed by atoms with Gasteiger partial charge in [-0.05, 0) is 37.6 Å². The second-order valence-electron chi connectivity index (χ2n) is 4.02. The Labute approximate surface area is 110 Å². The molecular formula is C12H11N3O3S. The molecule has 0 unspecified atom stereocenters. The smallest absolute Gasteiger partial charge is 0.263 e. The van der Waals surface area contributed by atoms with E-state index >= 15 is 0 Å². The molecule has 19 heavy (non-hydrogen) atoms. The van der Waals surface area contributed by atoms with Gasteiger partial charge in [-0.25, -0.2) is 8.42 Å². The van der Waals surface area contributed by atoms with Gasteiger partial charge in [0, 0.05) is 6.07 Å². The maximum Gasteiger partial charge on any atom is 0.263 e. The Morgan fingerprint density at radius 3 is 2.58 bits per heavy atom. The Hall–Kier alpha value is -2.33. The standard InChI is InChI=1S/C12H11N3O3S/c1-8-5-10(7-13)3-4-11(8)19(16,17)15-12-6-9(2)18-14-12/h3-6H,1-2H3,(H,14,15). The number of nitriles is 1. The average Bonchev–Trinajstić information content (AvgIpc) is 2.73. The van der Waals surface area contributed by atoms with Gasteiger partial charge in [-0.3, -0.25) is 4.72 Å². The van der Waals surface area contributed by atoms with Crippen LogP contribution in [0.1, 0.15) is 16.9 Å². The van der Waals surface area contributed by atoms with Crippen molar-refractivity contribution in [1.29, 1.82) is 5.26 Å². The minimum absolute atomic E-state index is 0.104. The number of hydrogen-bond donors (Lipinski definition) is 1. The number of aryl methyl sites for hydroxylation is 2. The van der Waals surface area contributed by atoms with E-state index < -0.39 is 10.0 Å². The van der Waals surface area contributed by atoms with Gasteiger partial charge in [0.1, 0.15) is 5.76 Å². The Balaban J connectivity index is 2.37. The molecule has 1 heterocycles. The summed E-state index contributed by atoms with van der Waals surface area (Å²) in [6.07, 6.45) is 0. The van der Waals surface area contributed by atoms with Crippen LogP contribution in [0.15, 0.2) is 33.7 Å². The highest BCUT2D eigenvalue weighted by Gasteiger charge is 2.18.